The minimum absolute atomic E-state index is 0.0191. The molecule has 1 aromatic rings. The maximum atomic E-state index is 13.5. The zero-order valence-corrected chi connectivity index (χ0v) is 8.90. The van der Waals surface area contributed by atoms with Gasteiger partial charge in [0.25, 0.3) is 0 Å². The Labute approximate surface area is 92.2 Å². The van der Waals surface area contributed by atoms with E-state index in [-0.39, 0.29) is 17.5 Å². The highest BCUT2D eigenvalue weighted by atomic mass is 19.1. The van der Waals surface area contributed by atoms with Crippen LogP contribution in [-0.4, -0.2) is 11.0 Å². The van der Waals surface area contributed by atoms with E-state index in [0.717, 1.165) is 18.9 Å². The van der Waals surface area contributed by atoms with Crippen LogP contribution in [0.15, 0.2) is 12.1 Å². The van der Waals surface area contributed by atoms with Gasteiger partial charge in [0.05, 0.1) is 11.0 Å². The molecule has 0 aliphatic heterocycles. The van der Waals surface area contributed by atoms with E-state index in [0.29, 0.717) is 12.0 Å². The number of nitrogens with zero attached hydrogens (tertiary/aromatic N) is 1. The quantitative estimate of drug-likeness (QED) is 0.584. The van der Waals surface area contributed by atoms with E-state index >= 15 is 0 Å². The molecule has 1 aromatic carbocycles. The number of aryl methyl sites for hydroxylation is 1. The van der Waals surface area contributed by atoms with Gasteiger partial charge in [0.2, 0.25) is 0 Å². The van der Waals surface area contributed by atoms with Gasteiger partial charge in [-0.15, -0.1) is 0 Å². The van der Waals surface area contributed by atoms with Gasteiger partial charge >= 0.3 is 5.69 Å². The molecule has 1 aliphatic rings. The van der Waals surface area contributed by atoms with Crippen LogP contribution in [0.1, 0.15) is 25.3 Å². The van der Waals surface area contributed by atoms with Gasteiger partial charge in [-0.25, -0.2) is 4.39 Å². The highest BCUT2D eigenvalue weighted by molar-refractivity contribution is 5.49. The molecule has 86 valence electrons. The third-order valence-electron chi connectivity index (χ3n) is 2.52. The van der Waals surface area contributed by atoms with E-state index < -0.39 is 10.7 Å². The number of hydrogen-bond acceptors (Lipinski definition) is 3. The molecule has 1 saturated carbocycles. The maximum absolute atomic E-state index is 13.5. The molecular weight excluding hydrogens is 213 g/mol. The van der Waals surface area contributed by atoms with Crippen LogP contribution in [0.5, 0.6) is 5.75 Å². The van der Waals surface area contributed by atoms with Crippen molar-refractivity contribution in [1.29, 1.82) is 0 Å². The van der Waals surface area contributed by atoms with E-state index in [9.17, 15) is 14.5 Å². The third-order valence-corrected chi connectivity index (χ3v) is 2.52. The van der Waals surface area contributed by atoms with Crippen LogP contribution >= 0.6 is 0 Å². The maximum Gasteiger partial charge on any atom is 0.311 e. The minimum Gasteiger partial charge on any atom is -0.483 e. The lowest BCUT2D eigenvalue weighted by molar-refractivity contribution is -0.386. The molecule has 4 nitrogen and oxygen atoms in total. The minimum atomic E-state index is -0.531. The van der Waals surface area contributed by atoms with Crippen molar-refractivity contribution in [2.75, 3.05) is 0 Å². The number of rotatable bonds is 4. The summed E-state index contributed by atoms with van der Waals surface area (Å²) in [6.45, 7) is 1.75. The van der Waals surface area contributed by atoms with E-state index in [4.69, 9.17) is 4.74 Å². The number of nitro groups is 1. The number of hydrogen-bond donors (Lipinski definition) is 0. The van der Waals surface area contributed by atoms with Crippen molar-refractivity contribution in [3.63, 3.8) is 0 Å². The first-order valence-electron chi connectivity index (χ1n) is 5.25. The van der Waals surface area contributed by atoms with E-state index in [2.05, 4.69) is 0 Å². The van der Waals surface area contributed by atoms with Crippen molar-refractivity contribution in [2.24, 2.45) is 0 Å². The highest BCUT2D eigenvalue weighted by Gasteiger charge is 2.28. The predicted octanol–water partition coefficient (Wildman–Crippen LogP) is 2.84. The predicted molar refractivity (Wildman–Crippen MR) is 56.1 cm³/mol. The molecule has 0 spiro atoms. The smallest absolute Gasteiger partial charge is 0.311 e. The summed E-state index contributed by atoms with van der Waals surface area (Å²) in [4.78, 5) is 10.3. The summed E-state index contributed by atoms with van der Waals surface area (Å²) in [5.74, 6) is -0.397. The highest BCUT2D eigenvalue weighted by Crippen LogP contribution is 2.35. The van der Waals surface area contributed by atoms with Crippen molar-refractivity contribution in [3.05, 3.63) is 33.6 Å². The van der Waals surface area contributed by atoms with Gasteiger partial charge in [0.1, 0.15) is 5.82 Å². The molecular formula is C11H12FNO3. The van der Waals surface area contributed by atoms with Crippen LogP contribution in [0.3, 0.4) is 0 Å². The Morgan fingerprint density at radius 3 is 2.75 bits per heavy atom. The molecule has 0 saturated heterocycles. The molecule has 0 amide bonds. The largest absolute Gasteiger partial charge is 0.483 e. The van der Waals surface area contributed by atoms with Gasteiger partial charge in [-0.2, -0.15) is 0 Å². The first-order valence-corrected chi connectivity index (χ1v) is 5.25. The first-order chi connectivity index (χ1) is 7.61. The lowest BCUT2D eigenvalue weighted by Gasteiger charge is -2.07. The van der Waals surface area contributed by atoms with Crippen molar-refractivity contribution < 1.29 is 14.1 Å². The van der Waals surface area contributed by atoms with Gasteiger partial charge in [0, 0.05) is 12.1 Å². The Morgan fingerprint density at radius 1 is 1.56 bits per heavy atom. The molecule has 2 rings (SSSR count). The Bertz CT molecular complexity index is 429. The van der Waals surface area contributed by atoms with Crippen LogP contribution in [0.4, 0.5) is 10.1 Å². The Kier molecular flexibility index (Phi) is 2.77. The van der Waals surface area contributed by atoms with Crippen molar-refractivity contribution in [2.45, 2.75) is 32.3 Å². The van der Waals surface area contributed by atoms with Gasteiger partial charge in [-0.05, 0) is 24.8 Å². The second kappa shape index (κ2) is 4.08. The Hall–Kier alpha value is -1.65. The molecule has 0 aromatic heterocycles. The average Bonchev–Trinajstić information content (AvgIpc) is 3.01. The molecule has 0 unspecified atom stereocenters. The lowest BCUT2D eigenvalue weighted by Crippen LogP contribution is -2.02. The van der Waals surface area contributed by atoms with Gasteiger partial charge in [0.15, 0.2) is 5.75 Å². The fourth-order valence-corrected chi connectivity index (χ4v) is 1.46. The molecule has 1 aliphatic carbocycles. The summed E-state index contributed by atoms with van der Waals surface area (Å²) >= 11 is 0. The van der Waals surface area contributed by atoms with E-state index in [1.54, 1.807) is 6.92 Å². The summed E-state index contributed by atoms with van der Waals surface area (Å²) < 4.78 is 18.8. The third kappa shape index (κ3) is 2.13. The van der Waals surface area contributed by atoms with Crippen LogP contribution in [0.2, 0.25) is 0 Å². The second-order valence-corrected chi connectivity index (χ2v) is 3.84. The molecule has 0 atom stereocenters. The normalized spacial score (nSPS) is 14.9. The summed E-state index contributed by atoms with van der Waals surface area (Å²) in [5, 5.41) is 10.8. The van der Waals surface area contributed by atoms with Crippen molar-refractivity contribution >= 4 is 5.69 Å². The number of nitro benzene ring substituents is 1. The van der Waals surface area contributed by atoms with Crippen LogP contribution in [-0.2, 0) is 6.42 Å². The molecule has 5 heteroatoms. The van der Waals surface area contributed by atoms with Crippen molar-refractivity contribution in [3.8, 4) is 5.75 Å². The Balaban J connectivity index is 2.39. The number of ether oxygens (including phenoxy) is 1. The monoisotopic (exact) mass is 225 g/mol. The van der Waals surface area contributed by atoms with Crippen LogP contribution < -0.4 is 4.74 Å². The van der Waals surface area contributed by atoms with Gasteiger partial charge < -0.3 is 4.74 Å². The summed E-state index contributed by atoms with van der Waals surface area (Å²) in [6, 6.07) is 2.38. The molecule has 0 heterocycles. The molecule has 1 fully saturated rings. The van der Waals surface area contributed by atoms with Crippen LogP contribution in [0, 0.1) is 15.9 Å². The van der Waals surface area contributed by atoms with E-state index in [1.165, 1.54) is 6.07 Å². The van der Waals surface area contributed by atoms with Crippen molar-refractivity contribution in [1.82, 2.24) is 0 Å². The van der Waals surface area contributed by atoms with Crippen LogP contribution in [0.25, 0.3) is 0 Å². The summed E-state index contributed by atoms with van der Waals surface area (Å²) in [7, 11) is 0. The molecule has 16 heavy (non-hydrogen) atoms. The molecule has 0 radical (unpaired) electrons. The standard InChI is InChI=1S/C11H12FNO3/c1-2-7-5-10(13(14)15)11(6-9(7)12)16-8-3-4-8/h5-6,8H,2-4H2,1H3. The molecule has 0 N–H and O–H groups in total. The number of halogens is 1. The summed E-state index contributed by atoms with van der Waals surface area (Å²) in [5.41, 5.74) is 0.194. The lowest BCUT2D eigenvalue weighted by atomic mass is 10.1. The molecule has 0 bridgehead atoms. The first kappa shape index (κ1) is 10.9. The fraction of sp³-hybridized carbons (Fsp3) is 0.455. The zero-order valence-electron chi connectivity index (χ0n) is 8.90. The van der Waals surface area contributed by atoms with Gasteiger partial charge in [-0.3, -0.25) is 10.1 Å². The van der Waals surface area contributed by atoms with E-state index in [1.807, 2.05) is 0 Å². The topological polar surface area (TPSA) is 52.4 Å². The zero-order chi connectivity index (χ0) is 11.7. The fourth-order valence-electron chi connectivity index (χ4n) is 1.46. The summed E-state index contributed by atoms with van der Waals surface area (Å²) in [6.07, 6.45) is 2.21. The number of benzene rings is 1. The second-order valence-electron chi connectivity index (χ2n) is 3.84. The SMILES string of the molecule is CCc1cc([N+](=O)[O-])c(OC2CC2)cc1F. The van der Waals surface area contributed by atoms with Gasteiger partial charge in [-0.1, -0.05) is 6.92 Å². The Morgan fingerprint density at radius 2 is 2.25 bits per heavy atom. The average molecular weight is 225 g/mol.